The monoisotopic (exact) mass is 286 g/mol. The van der Waals surface area contributed by atoms with Crippen LogP contribution < -0.4 is 5.32 Å². The van der Waals surface area contributed by atoms with Gasteiger partial charge in [-0.25, -0.2) is 9.97 Å². The summed E-state index contributed by atoms with van der Waals surface area (Å²) in [6, 6.07) is 6.39. The molecule has 3 rings (SSSR count). The number of aryl methyl sites for hydroxylation is 3. The second-order valence-electron chi connectivity index (χ2n) is 5.09. The Morgan fingerprint density at radius 2 is 2.00 bits per heavy atom. The van der Waals surface area contributed by atoms with E-state index in [2.05, 4.69) is 46.2 Å². The van der Waals surface area contributed by atoms with Crippen LogP contribution in [0.15, 0.2) is 18.2 Å². The Hall–Kier alpha value is -1.88. The molecule has 20 heavy (non-hydrogen) atoms. The average Bonchev–Trinajstić information content (AvgIpc) is 2.90. The number of rotatable bonds is 3. The number of thiazole rings is 1. The molecule has 5 heteroatoms. The Morgan fingerprint density at radius 3 is 2.70 bits per heavy atom. The fourth-order valence-electron chi connectivity index (χ4n) is 2.49. The first kappa shape index (κ1) is 13.1. The van der Waals surface area contributed by atoms with Gasteiger partial charge in [-0.05, 0) is 45.9 Å². The lowest BCUT2D eigenvalue weighted by Crippen LogP contribution is -2.08. The molecule has 0 radical (unpaired) electrons. The first-order chi connectivity index (χ1) is 9.52. The van der Waals surface area contributed by atoms with Crippen molar-refractivity contribution in [2.75, 3.05) is 5.32 Å². The molecule has 104 valence electrons. The highest BCUT2D eigenvalue weighted by molar-refractivity contribution is 7.11. The Bertz CT molecular complexity index is 756. The van der Waals surface area contributed by atoms with E-state index in [4.69, 9.17) is 0 Å². The Kier molecular flexibility index (Phi) is 3.22. The number of nitrogens with one attached hydrogen (secondary N) is 2. The minimum Gasteiger partial charge on any atom is -0.377 e. The van der Waals surface area contributed by atoms with Gasteiger partial charge in [-0.2, -0.15) is 0 Å². The number of fused-ring (bicyclic) bond motifs is 1. The number of aromatic nitrogens is 3. The van der Waals surface area contributed by atoms with Gasteiger partial charge in [0, 0.05) is 10.6 Å². The van der Waals surface area contributed by atoms with Crippen LogP contribution in [-0.4, -0.2) is 15.0 Å². The lowest BCUT2D eigenvalue weighted by Gasteiger charge is -2.14. The smallest absolute Gasteiger partial charge is 0.104 e. The normalized spacial score (nSPS) is 12.8. The molecule has 2 heterocycles. The van der Waals surface area contributed by atoms with Crippen molar-refractivity contribution in [2.45, 2.75) is 33.7 Å². The molecule has 0 saturated carbocycles. The van der Waals surface area contributed by atoms with Crippen molar-refractivity contribution < 1.29 is 0 Å². The van der Waals surface area contributed by atoms with E-state index in [9.17, 15) is 0 Å². The molecule has 0 aliphatic rings. The summed E-state index contributed by atoms with van der Waals surface area (Å²) < 4.78 is 0. The van der Waals surface area contributed by atoms with E-state index in [-0.39, 0.29) is 6.04 Å². The number of anilines is 1. The number of hydrogen-bond acceptors (Lipinski definition) is 4. The first-order valence-electron chi connectivity index (χ1n) is 6.70. The number of H-pyrrole nitrogens is 1. The molecule has 1 unspecified atom stereocenters. The van der Waals surface area contributed by atoms with Gasteiger partial charge in [0.25, 0.3) is 0 Å². The molecule has 1 atom stereocenters. The van der Waals surface area contributed by atoms with Crippen LogP contribution in [0.5, 0.6) is 0 Å². The van der Waals surface area contributed by atoms with E-state index >= 15 is 0 Å². The van der Waals surface area contributed by atoms with Crippen molar-refractivity contribution in [1.82, 2.24) is 15.0 Å². The topological polar surface area (TPSA) is 53.6 Å². The molecule has 3 aromatic rings. The van der Waals surface area contributed by atoms with Crippen molar-refractivity contribution >= 4 is 28.1 Å². The van der Waals surface area contributed by atoms with Crippen LogP contribution in [0.3, 0.4) is 0 Å². The quantitative estimate of drug-likeness (QED) is 0.761. The van der Waals surface area contributed by atoms with Gasteiger partial charge in [-0.3, -0.25) is 0 Å². The predicted octanol–water partition coefficient (Wildman–Crippen LogP) is 4.12. The molecular weight excluding hydrogens is 268 g/mol. The van der Waals surface area contributed by atoms with Crippen molar-refractivity contribution in [3.05, 3.63) is 39.6 Å². The Morgan fingerprint density at radius 1 is 1.20 bits per heavy atom. The minimum absolute atomic E-state index is 0.196. The van der Waals surface area contributed by atoms with Gasteiger partial charge >= 0.3 is 0 Å². The number of hydrogen-bond donors (Lipinski definition) is 2. The average molecular weight is 286 g/mol. The molecule has 1 aromatic carbocycles. The lowest BCUT2D eigenvalue weighted by atomic mass is 10.2. The highest BCUT2D eigenvalue weighted by Crippen LogP contribution is 2.26. The van der Waals surface area contributed by atoms with Gasteiger partial charge < -0.3 is 10.3 Å². The van der Waals surface area contributed by atoms with Crippen molar-refractivity contribution in [1.29, 1.82) is 0 Å². The molecule has 0 aliphatic carbocycles. The van der Waals surface area contributed by atoms with Crippen molar-refractivity contribution in [3.63, 3.8) is 0 Å². The molecule has 2 N–H and O–H groups in total. The van der Waals surface area contributed by atoms with E-state index in [1.54, 1.807) is 11.3 Å². The zero-order valence-electron chi connectivity index (χ0n) is 12.1. The zero-order valence-corrected chi connectivity index (χ0v) is 12.9. The summed E-state index contributed by atoms with van der Waals surface area (Å²) in [6.45, 7) is 8.29. The highest BCUT2D eigenvalue weighted by atomic mass is 32.1. The van der Waals surface area contributed by atoms with E-state index in [1.807, 2.05) is 19.9 Å². The number of nitrogens with zero attached hydrogens (tertiary/aromatic N) is 2. The lowest BCUT2D eigenvalue weighted by molar-refractivity contribution is 0.837. The maximum atomic E-state index is 4.61. The molecule has 0 amide bonds. The summed E-state index contributed by atoms with van der Waals surface area (Å²) in [5, 5.41) is 4.63. The third kappa shape index (κ3) is 2.41. The molecule has 0 saturated heterocycles. The number of aromatic amines is 1. The fourth-order valence-corrected chi connectivity index (χ4v) is 3.41. The van der Waals surface area contributed by atoms with Crippen LogP contribution in [-0.2, 0) is 0 Å². The summed E-state index contributed by atoms with van der Waals surface area (Å²) in [5.41, 5.74) is 4.28. The molecular formula is C15H18N4S. The summed E-state index contributed by atoms with van der Waals surface area (Å²) in [4.78, 5) is 13.6. The number of benzene rings is 1. The van der Waals surface area contributed by atoms with Gasteiger partial charge in [-0.15, -0.1) is 11.3 Å². The van der Waals surface area contributed by atoms with Gasteiger partial charge in [0.2, 0.25) is 0 Å². The van der Waals surface area contributed by atoms with Gasteiger partial charge in [0.05, 0.1) is 27.8 Å². The molecule has 0 fully saturated rings. The SMILES string of the molecule is Cc1nc2ccc(NC(C)c3nc(C)sc3C)cc2[nH]1. The summed E-state index contributed by atoms with van der Waals surface area (Å²) >= 11 is 1.75. The highest BCUT2D eigenvalue weighted by Gasteiger charge is 2.13. The predicted molar refractivity (Wildman–Crippen MR) is 84.5 cm³/mol. The van der Waals surface area contributed by atoms with Gasteiger partial charge in [0.1, 0.15) is 5.82 Å². The summed E-state index contributed by atoms with van der Waals surface area (Å²) in [7, 11) is 0. The van der Waals surface area contributed by atoms with E-state index in [1.165, 1.54) is 4.88 Å². The van der Waals surface area contributed by atoms with Gasteiger partial charge in [0.15, 0.2) is 0 Å². The third-order valence-corrected chi connectivity index (χ3v) is 4.24. The van der Waals surface area contributed by atoms with Crippen LogP contribution >= 0.6 is 11.3 Å². The van der Waals surface area contributed by atoms with Gasteiger partial charge in [-0.1, -0.05) is 0 Å². The Balaban J connectivity index is 1.86. The van der Waals surface area contributed by atoms with Crippen LogP contribution in [0.2, 0.25) is 0 Å². The fraction of sp³-hybridized carbons (Fsp3) is 0.333. The second kappa shape index (κ2) is 4.90. The summed E-state index contributed by atoms with van der Waals surface area (Å²) in [5.74, 6) is 0.941. The number of imidazole rings is 1. The largest absolute Gasteiger partial charge is 0.377 e. The molecule has 0 aliphatic heterocycles. The van der Waals surface area contributed by atoms with Crippen LogP contribution in [0.25, 0.3) is 11.0 Å². The van der Waals surface area contributed by atoms with Crippen molar-refractivity contribution in [3.8, 4) is 0 Å². The van der Waals surface area contributed by atoms with Crippen LogP contribution in [0.1, 0.15) is 34.4 Å². The second-order valence-corrected chi connectivity index (χ2v) is 6.50. The maximum absolute atomic E-state index is 4.61. The molecule has 2 aromatic heterocycles. The third-order valence-electron chi connectivity index (χ3n) is 3.33. The standard InChI is InChI=1S/C15H18N4S/c1-8(15-9(2)20-11(4)19-15)16-12-5-6-13-14(7-12)18-10(3)17-13/h5-8,16H,1-4H3,(H,17,18). The molecule has 0 spiro atoms. The molecule has 4 nitrogen and oxygen atoms in total. The van der Waals surface area contributed by atoms with E-state index in [0.717, 1.165) is 33.2 Å². The van der Waals surface area contributed by atoms with Crippen LogP contribution in [0, 0.1) is 20.8 Å². The minimum atomic E-state index is 0.196. The Labute approximate surface area is 122 Å². The zero-order chi connectivity index (χ0) is 14.3. The van der Waals surface area contributed by atoms with Crippen LogP contribution in [0.4, 0.5) is 5.69 Å². The summed E-state index contributed by atoms with van der Waals surface area (Å²) in [6.07, 6.45) is 0. The van der Waals surface area contributed by atoms with E-state index < -0.39 is 0 Å². The maximum Gasteiger partial charge on any atom is 0.104 e. The van der Waals surface area contributed by atoms with E-state index in [0.29, 0.717) is 0 Å². The first-order valence-corrected chi connectivity index (χ1v) is 7.51. The molecule has 0 bridgehead atoms. The van der Waals surface area contributed by atoms with Crippen molar-refractivity contribution in [2.24, 2.45) is 0 Å².